The minimum atomic E-state index is -0.582. The maximum Gasteiger partial charge on any atom is 0.329 e. The summed E-state index contributed by atoms with van der Waals surface area (Å²) in [7, 11) is 1.68. The summed E-state index contributed by atoms with van der Waals surface area (Å²) in [6.07, 6.45) is 2.30. The Morgan fingerprint density at radius 3 is 2.61 bits per heavy atom. The van der Waals surface area contributed by atoms with E-state index >= 15 is 0 Å². The molecule has 3 aromatic rings. The van der Waals surface area contributed by atoms with Crippen LogP contribution in [0.3, 0.4) is 0 Å². The van der Waals surface area contributed by atoms with Crippen molar-refractivity contribution in [1.82, 2.24) is 24.8 Å². The molecule has 0 unspecified atom stereocenters. The first-order chi connectivity index (χ1) is 17.3. The van der Waals surface area contributed by atoms with E-state index in [9.17, 15) is 14.4 Å². The van der Waals surface area contributed by atoms with E-state index in [1.807, 2.05) is 39.0 Å². The van der Waals surface area contributed by atoms with Crippen molar-refractivity contribution in [2.75, 3.05) is 20.2 Å². The van der Waals surface area contributed by atoms with Crippen LogP contribution in [0.5, 0.6) is 5.75 Å². The summed E-state index contributed by atoms with van der Waals surface area (Å²) < 4.78 is 6.93. The highest BCUT2D eigenvalue weighted by Crippen LogP contribution is 2.23. The van der Waals surface area contributed by atoms with E-state index in [1.165, 1.54) is 4.57 Å². The van der Waals surface area contributed by atoms with Crippen LogP contribution < -0.4 is 21.3 Å². The molecule has 9 nitrogen and oxygen atoms in total. The van der Waals surface area contributed by atoms with Crippen LogP contribution in [0.1, 0.15) is 67.6 Å². The molecule has 1 aliphatic heterocycles. The minimum absolute atomic E-state index is 0.00207. The number of piperidine rings is 1. The Balaban J connectivity index is 1.55. The Morgan fingerprint density at radius 1 is 1.22 bits per heavy atom. The van der Waals surface area contributed by atoms with Crippen LogP contribution in [0, 0.1) is 0 Å². The molecular weight excluding hydrogens is 458 g/mol. The number of carbonyl (C=O) groups excluding carboxylic acids is 1. The maximum atomic E-state index is 13.5. The first-order valence-corrected chi connectivity index (χ1v) is 12.6. The Bertz CT molecular complexity index is 1350. The maximum absolute atomic E-state index is 13.5. The number of para-hydroxylation sites is 1. The van der Waals surface area contributed by atoms with Crippen LogP contribution in [0.25, 0.3) is 11.0 Å². The molecule has 1 fully saturated rings. The van der Waals surface area contributed by atoms with E-state index in [-0.39, 0.29) is 34.5 Å². The average Bonchev–Trinajstić information content (AvgIpc) is 2.87. The molecule has 0 radical (unpaired) electrons. The van der Waals surface area contributed by atoms with E-state index < -0.39 is 11.2 Å². The first kappa shape index (κ1) is 25.6. The average molecular weight is 494 g/mol. The van der Waals surface area contributed by atoms with E-state index in [2.05, 4.69) is 26.3 Å². The molecule has 1 aromatic carbocycles. The summed E-state index contributed by atoms with van der Waals surface area (Å²) in [6.45, 7) is 8.78. The van der Waals surface area contributed by atoms with Crippen LogP contribution in [0.4, 0.5) is 0 Å². The number of nitrogens with zero attached hydrogens (tertiary/aromatic N) is 3. The lowest BCUT2D eigenvalue weighted by atomic mass is 10.0. The molecule has 192 valence electrons. The largest absolute Gasteiger partial charge is 0.496 e. The van der Waals surface area contributed by atoms with Crippen molar-refractivity contribution in [1.29, 1.82) is 0 Å². The van der Waals surface area contributed by atoms with Gasteiger partial charge in [0.05, 0.1) is 18.1 Å². The molecular formula is C27H35N5O4. The van der Waals surface area contributed by atoms with Crippen molar-refractivity contribution in [3.8, 4) is 5.75 Å². The van der Waals surface area contributed by atoms with Gasteiger partial charge >= 0.3 is 5.69 Å². The second kappa shape index (κ2) is 11.1. The molecule has 0 aliphatic carbocycles. The van der Waals surface area contributed by atoms with E-state index in [0.717, 1.165) is 43.8 Å². The molecule has 2 N–H and O–H groups in total. The van der Waals surface area contributed by atoms with Gasteiger partial charge in [-0.3, -0.25) is 24.0 Å². The minimum Gasteiger partial charge on any atom is -0.496 e. The molecule has 1 aliphatic rings. The topological polar surface area (TPSA) is 109 Å². The van der Waals surface area contributed by atoms with Crippen molar-refractivity contribution in [2.45, 2.75) is 65.1 Å². The smallest absolute Gasteiger partial charge is 0.329 e. The number of carbonyl (C=O) groups is 1. The van der Waals surface area contributed by atoms with Crippen molar-refractivity contribution >= 4 is 16.9 Å². The second-order valence-corrected chi connectivity index (χ2v) is 9.69. The van der Waals surface area contributed by atoms with Gasteiger partial charge in [0, 0.05) is 43.5 Å². The third kappa shape index (κ3) is 5.36. The van der Waals surface area contributed by atoms with Gasteiger partial charge in [0.1, 0.15) is 5.75 Å². The SMILES string of the molecule is CCCn1c(=O)[nH]c(=O)c2c(C(=O)NC3CCN(Cc4ccccc4OC)CC3)cc(C(C)C)nc21. The van der Waals surface area contributed by atoms with E-state index in [1.54, 1.807) is 13.2 Å². The standard InChI is InChI=1S/C27H35N5O4/c1-5-12-32-24-23(26(34)30-27(32)35)20(15-21(29-24)17(2)3)25(33)28-19-10-13-31(14-11-19)16-18-8-6-7-9-22(18)36-4/h6-9,15,17,19H,5,10-14,16H2,1-4H3,(H,28,33)(H,30,34,35). The van der Waals surface area contributed by atoms with E-state index in [4.69, 9.17) is 4.74 Å². The number of nitrogens with one attached hydrogen (secondary N) is 2. The van der Waals surface area contributed by atoms with E-state index in [0.29, 0.717) is 18.7 Å². The second-order valence-electron chi connectivity index (χ2n) is 9.69. The molecule has 4 rings (SSSR count). The van der Waals surface area contributed by atoms with Gasteiger partial charge in [-0.25, -0.2) is 9.78 Å². The molecule has 2 aromatic heterocycles. The highest BCUT2D eigenvalue weighted by atomic mass is 16.5. The van der Waals surface area contributed by atoms with Gasteiger partial charge in [-0.05, 0) is 37.3 Å². The summed E-state index contributed by atoms with van der Waals surface area (Å²) in [5, 5.41) is 3.30. The summed E-state index contributed by atoms with van der Waals surface area (Å²) in [4.78, 5) is 48.1. The monoisotopic (exact) mass is 493 g/mol. The first-order valence-electron chi connectivity index (χ1n) is 12.6. The third-order valence-electron chi connectivity index (χ3n) is 6.76. The zero-order valence-electron chi connectivity index (χ0n) is 21.5. The number of rotatable bonds is 8. The summed E-state index contributed by atoms with van der Waals surface area (Å²) in [5.74, 6) is 0.605. The number of ether oxygens (including phenoxy) is 1. The Hall–Kier alpha value is -3.46. The van der Waals surface area contributed by atoms with Crippen molar-refractivity contribution in [2.24, 2.45) is 0 Å². The molecule has 0 atom stereocenters. The summed E-state index contributed by atoms with van der Waals surface area (Å²) in [6, 6.07) is 9.70. The Morgan fingerprint density at radius 2 is 1.94 bits per heavy atom. The van der Waals surface area contributed by atoms with Crippen molar-refractivity contribution in [3.63, 3.8) is 0 Å². The van der Waals surface area contributed by atoms with Gasteiger partial charge in [0.15, 0.2) is 5.65 Å². The fourth-order valence-corrected chi connectivity index (χ4v) is 4.77. The normalized spacial score (nSPS) is 14.9. The van der Waals surface area contributed by atoms with Crippen LogP contribution in [0.2, 0.25) is 0 Å². The van der Waals surface area contributed by atoms with Gasteiger partial charge in [-0.15, -0.1) is 0 Å². The van der Waals surface area contributed by atoms with Gasteiger partial charge in [0.2, 0.25) is 0 Å². The Labute approximate surface area is 210 Å². The fraction of sp³-hybridized carbons (Fsp3) is 0.481. The number of aryl methyl sites for hydroxylation is 1. The molecule has 3 heterocycles. The van der Waals surface area contributed by atoms with Crippen LogP contribution in [-0.2, 0) is 13.1 Å². The predicted octanol–water partition coefficient (Wildman–Crippen LogP) is 3.02. The number of aromatic nitrogens is 3. The lowest BCUT2D eigenvalue weighted by molar-refractivity contribution is 0.0910. The zero-order chi connectivity index (χ0) is 25.8. The molecule has 1 saturated heterocycles. The van der Waals surface area contributed by atoms with Crippen LogP contribution >= 0.6 is 0 Å². The lowest BCUT2D eigenvalue weighted by Gasteiger charge is -2.32. The highest BCUT2D eigenvalue weighted by molar-refractivity contribution is 6.05. The number of aromatic amines is 1. The van der Waals surface area contributed by atoms with Crippen LogP contribution in [-0.4, -0.2) is 51.6 Å². The number of amides is 1. The fourth-order valence-electron chi connectivity index (χ4n) is 4.77. The molecule has 0 spiro atoms. The van der Waals surface area contributed by atoms with Crippen molar-refractivity contribution < 1.29 is 9.53 Å². The van der Waals surface area contributed by atoms with Crippen LogP contribution in [0.15, 0.2) is 39.9 Å². The number of fused-ring (bicyclic) bond motifs is 1. The van der Waals surface area contributed by atoms with Gasteiger partial charge < -0.3 is 10.1 Å². The molecule has 1 amide bonds. The molecule has 36 heavy (non-hydrogen) atoms. The number of H-pyrrole nitrogens is 1. The summed E-state index contributed by atoms with van der Waals surface area (Å²) in [5.41, 5.74) is 1.27. The molecule has 9 heteroatoms. The zero-order valence-corrected chi connectivity index (χ0v) is 21.5. The van der Waals surface area contributed by atoms with Gasteiger partial charge in [-0.2, -0.15) is 0 Å². The molecule has 0 saturated carbocycles. The predicted molar refractivity (Wildman–Crippen MR) is 140 cm³/mol. The third-order valence-corrected chi connectivity index (χ3v) is 6.76. The number of likely N-dealkylation sites (tertiary alicyclic amines) is 1. The summed E-state index contributed by atoms with van der Waals surface area (Å²) >= 11 is 0. The number of hydrogen-bond donors (Lipinski definition) is 2. The number of benzene rings is 1. The molecule has 0 bridgehead atoms. The number of hydrogen-bond acceptors (Lipinski definition) is 6. The highest BCUT2D eigenvalue weighted by Gasteiger charge is 2.25. The van der Waals surface area contributed by atoms with Gasteiger partial charge in [-0.1, -0.05) is 39.0 Å². The lowest BCUT2D eigenvalue weighted by Crippen LogP contribution is -2.44. The van der Waals surface area contributed by atoms with Crippen molar-refractivity contribution in [3.05, 3.63) is 68.0 Å². The number of pyridine rings is 1. The Kier molecular flexibility index (Phi) is 7.88. The quantitative estimate of drug-likeness (QED) is 0.499. The number of methoxy groups -OCH3 is 1. The van der Waals surface area contributed by atoms with Gasteiger partial charge in [0.25, 0.3) is 11.5 Å².